The molecule has 1 heterocycles. The number of nitrogens with zero attached hydrogens (tertiary/aromatic N) is 2. The van der Waals surface area contributed by atoms with E-state index in [0.29, 0.717) is 17.1 Å². The van der Waals surface area contributed by atoms with Gasteiger partial charge in [-0.05, 0) is 31.9 Å². The third-order valence-electron chi connectivity index (χ3n) is 4.43. The summed E-state index contributed by atoms with van der Waals surface area (Å²) in [7, 11) is 0. The van der Waals surface area contributed by atoms with E-state index in [1.807, 2.05) is 45.9 Å². The average molecular weight is 371 g/mol. The van der Waals surface area contributed by atoms with E-state index in [1.165, 1.54) is 0 Å². The van der Waals surface area contributed by atoms with Crippen molar-refractivity contribution in [2.45, 2.75) is 33.2 Å². The minimum atomic E-state index is -0.462. The number of amides is 1. The lowest BCUT2D eigenvalue weighted by atomic mass is 9.88. The minimum Gasteiger partial charge on any atom is -0.345 e. The van der Waals surface area contributed by atoms with Gasteiger partial charge in [-0.1, -0.05) is 37.6 Å². The maximum atomic E-state index is 12.6. The van der Waals surface area contributed by atoms with Gasteiger partial charge in [0, 0.05) is 6.54 Å². The van der Waals surface area contributed by atoms with Crippen LogP contribution < -0.4 is 11.1 Å². The Morgan fingerprint density at radius 1 is 1.42 bits per heavy atom. The molecule has 0 aliphatic rings. The van der Waals surface area contributed by atoms with E-state index in [0.717, 1.165) is 11.4 Å². The number of carbonyl (C=O) groups is 1. The summed E-state index contributed by atoms with van der Waals surface area (Å²) in [5.74, 6) is 0.0397. The number of nitrogens with one attached hydrogen (secondary N) is 1. The van der Waals surface area contributed by atoms with Gasteiger partial charge < -0.3 is 11.1 Å². The van der Waals surface area contributed by atoms with E-state index < -0.39 is 5.54 Å². The van der Waals surface area contributed by atoms with Gasteiger partial charge in [0.25, 0.3) is 5.91 Å². The van der Waals surface area contributed by atoms with Gasteiger partial charge in [0.2, 0.25) is 0 Å². The Morgan fingerprint density at radius 3 is 2.58 bits per heavy atom. The number of benzene rings is 1. The first-order chi connectivity index (χ1) is 10.8. The zero-order valence-corrected chi connectivity index (χ0v) is 15.9. The van der Waals surface area contributed by atoms with E-state index in [2.05, 4.69) is 10.4 Å². The number of nitrogens with two attached hydrogens (primary N) is 1. The van der Waals surface area contributed by atoms with Crippen molar-refractivity contribution < 1.29 is 4.79 Å². The zero-order valence-electron chi connectivity index (χ0n) is 14.3. The van der Waals surface area contributed by atoms with Crippen molar-refractivity contribution in [2.24, 2.45) is 11.7 Å². The summed E-state index contributed by atoms with van der Waals surface area (Å²) in [6.45, 7) is 8.23. The van der Waals surface area contributed by atoms with Crippen LogP contribution in [0.25, 0.3) is 5.69 Å². The molecule has 7 heteroatoms. The molecule has 1 amide bonds. The summed E-state index contributed by atoms with van der Waals surface area (Å²) in [5.41, 5.74) is 7.37. The highest BCUT2D eigenvalue weighted by molar-refractivity contribution is 6.32. The van der Waals surface area contributed by atoms with Gasteiger partial charge in [-0.2, -0.15) is 5.10 Å². The van der Waals surface area contributed by atoms with Gasteiger partial charge in [0.05, 0.1) is 33.7 Å². The fraction of sp³-hybridized carbons (Fsp3) is 0.412. The second-order valence-electron chi connectivity index (χ2n) is 6.24. The molecule has 0 aliphatic heterocycles. The Hall–Kier alpha value is -1.56. The van der Waals surface area contributed by atoms with Crippen molar-refractivity contribution in [1.29, 1.82) is 0 Å². The molecule has 1 atom stereocenters. The van der Waals surface area contributed by atoms with Crippen molar-refractivity contribution in [3.05, 3.63) is 46.7 Å². The molecular weight excluding hydrogens is 347 g/mol. The molecule has 0 saturated carbocycles. The van der Waals surface area contributed by atoms with Gasteiger partial charge in [-0.25, -0.2) is 4.68 Å². The van der Waals surface area contributed by atoms with Gasteiger partial charge in [0.15, 0.2) is 0 Å². The van der Waals surface area contributed by atoms with E-state index in [-0.39, 0.29) is 24.2 Å². The predicted molar refractivity (Wildman–Crippen MR) is 100 cm³/mol. The number of aromatic nitrogens is 2. The van der Waals surface area contributed by atoms with Gasteiger partial charge >= 0.3 is 0 Å². The second-order valence-corrected chi connectivity index (χ2v) is 6.64. The van der Waals surface area contributed by atoms with Crippen LogP contribution in [0.5, 0.6) is 0 Å². The molecule has 3 N–H and O–H groups in total. The van der Waals surface area contributed by atoms with E-state index >= 15 is 0 Å². The highest BCUT2D eigenvalue weighted by Crippen LogP contribution is 2.23. The Balaban J connectivity index is 0.00000288. The molecule has 0 saturated heterocycles. The summed E-state index contributed by atoms with van der Waals surface area (Å²) in [4.78, 5) is 12.6. The minimum absolute atomic E-state index is 0. The van der Waals surface area contributed by atoms with Crippen LogP contribution in [0.2, 0.25) is 5.02 Å². The average Bonchev–Trinajstić information content (AvgIpc) is 2.89. The SMILES string of the molecule is Cc1c(C(=O)NC(C)(CN)C(C)C)cnn1-c1ccccc1Cl.Cl. The normalized spacial score (nSPS) is 13.3. The Bertz CT molecular complexity index is 714. The zero-order chi connectivity index (χ0) is 17.2. The highest BCUT2D eigenvalue weighted by atomic mass is 35.5. The Morgan fingerprint density at radius 2 is 2.04 bits per heavy atom. The van der Waals surface area contributed by atoms with Crippen molar-refractivity contribution >= 4 is 29.9 Å². The molecule has 0 aliphatic carbocycles. The molecule has 2 rings (SSSR count). The number of rotatable bonds is 5. The number of para-hydroxylation sites is 1. The van der Waals surface area contributed by atoms with E-state index in [4.69, 9.17) is 17.3 Å². The van der Waals surface area contributed by atoms with Crippen molar-refractivity contribution in [2.75, 3.05) is 6.54 Å². The van der Waals surface area contributed by atoms with Crippen molar-refractivity contribution in [3.63, 3.8) is 0 Å². The molecule has 1 unspecified atom stereocenters. The summed E-state index contributed by atoms with van der Waals surface area (Å²) in [5, 5.41) is 7.92. The lowest BCUT2D eigenvalue weighted by Crippen LogP contribution is -2.55. The number of halogens is 2. The quantitative estimate of drug-likeness (QED) is 0.847. The van der Waals surface area contributed by atoms with Crippen LogP contribution >= 0.6 is 24.0 Å². The van der Waals surface area contributed by atoms with E-state index in [1.54, 1.807) is 16.9 Å². The van der Waals surface area contributed by atoms with Crippen molar-refractivity contribution in [1.82, 2.24) is 15.1 Å². The summed E-state index contributed by atoms with van der Waals surface area (Å²) in [6, 6.07) is 7.39. The molecule has 0 fully saturated rings. The van der Waals surface area contributed by atoms with Crippen LogP contribution in [0, 0.1) is 12.8 Å². The lowest BCUT2D eigenvalue weighted by Gasteiger charge is -2.33. The summed E-state index contributed by atoms with van der Waals surface area (Å²) in [6.07, 6.45) is 1.56. The smallest absolute Gasteiger partial charge is 0.255 e. The molecule has 1 aromatic heterocycles. The van der Waals surface area contributed by atoms with Crippen LogP contribution in [0.3, 0.4) is 0 Å². The van der Waals surface area contributed by atoms with Crippen LogP contribution in [-0.4, -0.2) is 27.8 Å². The Labute approximate surface area is 154 Å². The van der Waals surface area contributed by atoms with Gasteiger partial charge in [-0.15, -0.1) is 12.4 Å². The molecule has 2 aromatic rings. The first-order valence-corrected chi connectivity index (χ1v) is 8.00. The Kier molecular flexibility index (Phi) is 6.84. The molecule has 0 spiro atoms. The van der Waals surface area contributed by atoms with Crippen LogP contribution in [-0.2, 0) is 0 Å². The molecule has 132 valence electrons. The molecule has 1 aromatic carbocycles. The molecule has 0 radical (unpaired) electrons. The van der Waals surface area contributed by atoms with Gasteiger partial charge in [-0.3, -0.25) is 4.79 Å². The monoisotopic (exact) mass is 370 g/mol. The molecule has 5 nitrogen and oxygen atoms in total. The third kappa shape index (κ3) is 3.91. The first-order valence-electron chi connectivity index (χ1n) is 7.62. The fourth-order valence-electron chi connectivity index (χ4n) is 2.26. The fourth-order valence-corrected chi connectivity index (χ4v) is 2.47. The highest BCUT2D eigenvalue weighted by Gasteiger charge is 2.30. The molecular formula is C17H24Cl2N4O. The van der Waals surface area contributed by atoms with Crippen LogP contribution in [0.4, 0.5) is 0 Å². The number of hydrogen-bond acceptors (Lipinski definition) is 3. The third-order valence-corrected chi connectivity index (χ3v) is 4.75. The summed E-state index contributed by atoms with van der Waals surface area (Å²) < 4.78 is 1.67. The number of hydrogen-bond donors (Lipinski definition) is 2. The van der Waals surface area contributed by atoms with Crippen molar-refractivity contribution in [3.8, 4) is 5.69 Å². The van der Waals surface area contributed by atoms with E-state index in [9.17, 15) is 4.79 Å². The molecule has 0 bridgehead atoms. The van der Waals surface area contributed by atoms with Crippen LogP contribution in [0.1, 0.15) is 36.8 Å². The van der Waals surface area contributed by atoms with Crippen LogP contribution in [0.15, 0.2) is 30.5 Å². The summed E-state index contributed by atoms with van der Waals surface area (Å²) >= 11 is 6.21. The number of carbonyl (C=O) groups excluding carboxylic acids is 1. The maximum Gasteiger partial charge on any atom is 0.255 e. The maximum absolute atomic E-state index is 12.6. The predicted octanol–water partition coefficient (Wildman–Crippen LogP) is 3.36. The molecule has 24 heavy (non-hydrogen) atoms. The van der Waals surface area contributed by atoms with Gasteiger partial charge in [0.1, 0.15) is 0 Å². The largest absolute Gasteiger partial charge is 0.345 e. The first kappa shape index (κ1) is 20.5. The topological polar surface area (TPSA) is 72.9 Å². The second kappa shape index (κ2) is 8.01. The lowest BCUT2D eigenvalue weighted by molar-refractivity contribution is 0.0882. The standard InChI is InChI=1S/C17H23ClN4O.ClH/c1-11(2)17(4,10-19)21-16(23)13-9-20-22(12(13)3)15-8-6-5-7-14(15)18;/h5-9,11H,10,19H2,1-4H3,(H,21,23);1H.